The minimum atomic E-state index is -0.586. The second kappa shape index (κ2) is 15.7. The lowest BCUT2D eigenvalue weighted by molar-refractivity contribution is -0.151. The van der Waals surface area contributed by atoms with Gasteiger partial charge >= 0.3 is 5.97 Å². The number of imidazole rings is 1. The Hall–Kier alpha value is -5.01. The molecule has 10 heteroatoms. The third-order valence-corrected chi connectivity index (χ3v) is 9.47. The van der Waals surface area contributed by atoms with Crippen LogP contribution in [0.15, 0.2) is 79.3 Å². The highest BCUT2D eigenvalue weighted by molar-refractivity contribution is 5.91. The molecule has 4 aromatic rings. The molecule has 3 aromatic carbocycles. The number of hydrogen-bond donors (Lipinski definition) is 0. The van der Waals surface area contributed by atoms with Gasteiger partial charge in [-0.2, -0.15) is 5.26 Å². The van der Waals surface area contributed by atoms with Crippen molar-refractivity contribution in [3.63, 3.8) is 0 Å². The summed E-state index contributed by atoms with van der Waals surface area (Å²) in [5.41, 5.74) is 2.64. The van der Waals surface area contributed by atoms with Crippen LogP contribution in [-0.4, -0.2) is 76.0 Å². The van der Waals surface area contributed by atoms with E-state index in [2.05, 4.69) is 54.1 Å². The molecular weight excluding hydrogens is 604 g/mol. The summed E-state index contributed by atoms with van der Waals surface area (Å²) in [6, 6.07) is 23.0. The average molecular weight is 649 g/mol. The molecule has 48 heavy (non-hydrogen) atoms. The third-order valence-electron chi connectivity index (χ3n) is 9.47. The normalized spacial score (nSPS) is 15.7. The summed E-state index contributed by atoms with van der Waals surface area (Å²) in [4.78, 5) is 50.1. The van der Waals surface area contributed by atoms with E-state index in [-0.39, 0.29) is 30.3 Å². The molecule has 1 saturated heterocycles. The number of hydrogen-bond acceptors (Lipinski definition) is 7. The monoisotopic (exact) mass is 648 g/mol. The van der Waals surface area contributed by atoms with Gasteiger partial charge in [0.2, 0.25) is 11.8 Å². The standard InChI is InChI=1S/C38H44N6O4/c1-5-27(2)35(44(28(3)45)36-21-40-26-42(36)22-30-17-15-29(20-39)16-18-30)24-41(23-32-12-8-11-31-10-6-7-13-33(31)32)25-37(46)43-19-9-14-34(43)38(47)48-4/h6-8,10-13,15-18,21,26-27,34-35H,5,9,14,19,22-25H2,1-4H3/t27?,34-,35?/m1/s1. The molecule has 2 amide bonds. The van der Waals surface area contributed by atoms with Crippen molar-refractivity contribution < 1.29 is 19.1 Å². The van der Waals surface area contributed by atoms with Crippen molar-refractivity contribution in [2.45, 2.75) is 65.2 Å². The van der Waals surface area contributed by atoms with Crippen molar-refractivity contribution in [3.05, 3.63) is 95.9 Å². The molecule has 1 aliphatic rings. The van der Waals surface area contributed by atoms with Gasteiger partial charge in [-0.1, -0.05) is 74.9 Å². The number of benzene rings is 3. The molecule has 0 bridgehead atoms. The van der Waals surface area contributed by atoms with Crippen molar-refractivity contribution in [3.8, 4) is 6.07 Å². The van der Waals surface area contributed by atoms with E-state index in [0.29, 0.717) is 44.0 Å². The number of aromatic nitrogens is 2. The maximum atomic E-state index is 14.0. The molecule has 1 aliphatic heterocycles. The number of carbonyl (C=O) groups is 3. The molecule has 2 heterocycles. The van der Waals surface area contributed by atoms with Crippen molar-refractivity contribution in [2.24, 2.45) is 5.92 Å². The van der Waals surface area contributed by atoms with Gasteiger partial charge in [0.1, 0.15) is 11.9 Å². The molecule has 0 aliphatic carbocycles. The Labute approximate surface area is 282 Å². The zero-order chi connectivity index (χ0) is 34.2. The van der Waals surface area contributed by atoms with E-state index in [1.54, 1.807) is 36.5 Å². The summed E-state index contributed by atoms with van der Waals surface area (Å²) in [7, 11) is 1.36. The van der Waals surface area contributed by atoms with E-state index < -0.39 is 12.0 Å². The lowest BCUT2D eigenvalue weighted by Crippen LogP contribution is -2.52. The van der Waals surface area contributed by atoms with E-state index >= 15 is 0 Å². The molecule has 1 fully saturated rings. The van der Waals surface area contributed by atoms with Crippen LogP contribution in [0.4, 0.5) is 5.82 Å². The molecule has 250 valence electrons. The van der Waals surface area contributed by atoms with Crippen LogP contribution >= 0.6 is 0 Å². The first-order chi connectivity index (χ1) is 23.2. The average Bonchev–Trinajstić information content (AvgIpc) is 3.78. The van der Waals surface area contributed by atoms with Gasteiger partial charge in [-0.3, -0.25) is 19.4 Å². The third kappa shape index (κ3) is 7.75. The number of anilines is 1. The van der Waals surface area contributed by atoms with Crippen molar-refractivity contribution in [1.29, 1.82) is 5.26 Å². The highest BCUT2D eigenvalue weighted by Crippen LogP contribution is 2.28. The van der Waals surface area contributed by atoms with Crippen molar-refractivity contribution in [2.75, 3.05) is 31.6 Å². The Morgan fingerprint density at radius 3 is 2.54 bits per heavy atom. The van der Waals surface area contributed by atoms with Gasteiger partial charge in [0, 0.05) is 26.6 Å². The first-order valence-electron chi connectivity index (χ1n) is 16.6. The van der Waals surface area contributed by atoms with E-state index in [1.807, 2.05) is 39.8 Å². The minimum Gasteiger partial charge on any atom is -0.467 e. The summed E-state index contributed by atoms with van der Waals surface area (Å²) in [6.45, 7) is 7.77. The number of rotatable bonds is 13. The fraction of sp³-hybridized carbons (Fsp3) is 0.395. The van der Waals surface area contributed by atoms with Gasteiger partial charge in [0.05, 0.1) is 50.4 Å². The molecule has 3 atom stereocenters. The Bertz CT molecular complexity index is 1770. The molecule has 2 unspecified atom stereocenters. The molecule has 0 radical (unpaired) electrons. The number of esters is 1. The number of amides is 2. The number of likely N-dealkylation sites (tertiary alicyclic amines) is 1. The van der Waals surface area contributed by atoms with Crippen LogP contribution in [0.3, 0.4) is 0 Å². The Morgan fingerprint density at radius 2 is 1.83 bits per heavy atom. The lowest BCUT2D eigenvalue weighted by Gasteiger charge is -2.39. The van der Waals surface area contributed by atoms with E-state index in [9.17, 15) is 19.6 Å². The van der Waals surface area contributed by atoms with Crippen LogP contribution in [0.1, 0.15) is 56.7 Å². The minimum absolute atomic E-state index is 0.0758. The topological polar surface area (TPSA) is 112 Å². The van der Waals surface area contributed by atoms with Crippen molar-refractivity contribution >= 4 is 34.4 Å². The Kier molecular flexibility index (Phi) is 11.2. The number of methoxy groups -OCH3 is 1. The van der Waals surface area contributed by atoms with Crippen LogP contribution in [0.5, 0.6) is 0 Å². The molecule has 0 N–H and O–H groups in total. The van der Waals surface area contributed by atoms with Crippen LogP contribution in [0.25, 0.3) is 10.8 Å². The van der Waals surface area contributed by atoms with E-state index in [1.165, 1.54) is 7.11 Å². The molecule has 0 saturated carbocycles. The van der Waals surface area contributed by atoms with Crippen LogP contribution in [0.2, 0.25) is 0 Å². The fourth-order valence-corrected chi connectivity index (χ4v) is 6.72. The number of carbonyl (C=O) groups excluding carboxylic acids is 3. The van der Waals surface area contributed by atoms with E-state index in [0.717, 1.165) is 34.7 Å². The second-order valence-corrected chi connectivity index (χ2v) is 12.6. The largest absolute Gasteiger partial charge is 0.467 e. The predicted octanol–water partition coefficient (Wildman–Crippen LogP) is 5.39. The highest BCUT2D eigenvalue weighted by Gasteiger charge is 2.37. The predicted molar refractivity (Wildman–Crippen MR) is 185 cm³/mol. The zero-order valence-electron chi connectivity index (χ0n) is 28.2. The summed E-state index contributed by atoms with van der Waals surface area (Å²) < 4.78 is 6.97. The lowest BCUT2D eigenvalue weighted by atomic mass is 9.96. The Morgan fingerprint density at radius 1 is 1.08 bits per heavy atom. The number of fused-ring (bicyclic) bond motifs is 1. The number of nitriles is 1. The second-order valence-electron chi connectivity index (χ2n) is 12.6. The van der Waals surface area contributed by atoms with Crippen LogP contribution < -0.4 is 4.90 Å². The maximum Gasteiger partial charge on any atom is 0.328 e. The maximum absolute atomic E-state index is 14.0. The summed E-state index contributed by atoms with van der Waals surface area (Å²) in [6.07, 6.45) is 5.57. The molecule has 1 aromatic heterocycles. The first kappa shape index (κ1) is 34.3. The van der Waals surface area contributed by atoms with Crippen LogP contribution in [-0.2, 0) is 32.2 Å². The van der Waals surface area contributed by atoms with Gasteiger partial charge in [-0.15, -0.1) is 0 Å². The zero-order valence-corrected chi connectivity index (χ0v) is 28.2. The molecular formula is C38H44N6O4. The Balaban J connectivity index is 1.49. The SMILES string of the molecule is CCC(C)C(CN(CC(=O)N1CCC[C@@H]1C(=O)OC)Cc1cccc2ccccc12)N(C(C)=O)c1cncn1Cc1ccc(C#N)cc1. The highest BCUT2D eigenvalue weighted by atomic mass is 16.5. The van der Waals surface area contributed by atoms with Gasteiger partial charge in [-0.05, 0) is 52.8 Å². The van der Waals surface area contributed by atoms with Gasteiger partial charge in [-0.25, -0.2) is 9.78 Å². The van der Waals surface area contributed by atoms with E-state index in [4.69, 9.17) is 4.74 Å². The molecule has 10 nitrogen and oxygen atoms in total. The van der Waals surface area contributed by atoms with Gasteiger partial charge in [0.15, 0.2) is 0 Å². The van der Waals surface area contributed by atoms with Gasteiger partial charge < -0.3 is 14.2 Å². The van der Waals surface area contributed by atoms with Gasteiger partial charge in [0.25, 0.3) is 0 Å². The molecule has 0 spiro atoms. The summed E-state index contributed by atoms with van der Waals surface area (Å²) >= 11 is 0. The van der Waals surface area contributed by atoms with Crippen molar-refractivity contribution in [1.82, 2.24) is 19.4 Å². The number of nitrogens with zero attached hydrogens (tertiary/aromatic N) is 6. The van der Waals surface area contributed by atoms with Crippen LogP contribution in [0, 0.1) is 17.2 Å². The molecule has 5 rings (SSSR count). The summed E-state index contributed by atoms with van der Waals surface area (Å²) in [5.74, 6) is 0.0953. The quantitative estimate of drug-likeness (QED) is 0.179. The summed E-state index contributed by atoms with van der Waals surface area (Å²) in [5, 5.41) is 11.4. The smallest absolute Gasteiger partial charge is 0.328 e. The fourth-order valence-electron chi connectivity index (χ4n) is 6.72. The number of ether oxygens (including phenoxy) is 1. The first-order valence-corrected chi connectivity index (χ1v) is 16.6.